The van der Waals surface area contributed by atoms with Crippen LogP contribution in [0.3, 0.4) is 0 Å². The van der Waals surface area contributed by atoms with Gasteiger partial charge in [0.25, 0.3) is 0 Å². The molecule has 0 atom stereocenters. The molecule has 2 N–H and O–H groups in total. The number of hydrogen-bond acceptors (Lipinski definition) is 4. The number of aromatic nitrogens is 2. The Bertz CT molecular complexity index is 549. The second-order valence-corrected chi connectivity index (χ2v) is 7.53. The molecule has 1 heterocycles. The summed E-state index contributed by atoms with van der Waals surface area (Å²) in [6.07, 6.45) is 0.781. The van der Waals surface area contributed by atoms with Gasteiger partial charge in [0.15, 0.2) is 0 Å². The predicted octanol–water partition coefficient (Wildman–Crippen LogP) is 1.13. The molecule has 116 valence electrons. The lowest BCUT2D eigenvalue weighted by Gasteiger charge is -2.19. The van der Waals surface area contributed by atoms with E-state index in [-0.39, 0.29) is 5.92 Å². The van der Waals surface area contributed by atoms with Crippen molar-refractivity contribution in [2.45, 2.75) is 45.6 Å². The molecule has 1 aromatic heterocycles. The van der Waals surface area contributed by atoms with Crippen LogP contribution in [0, 0.1) is 19.8 Å². The molecule has 6 nitrogen and oxygen atoms in total. The summed E-state index contributed by atoms with van der Waals surface area (Å²) in [5.74, 6) is 0.280. The summed E-state index contributed by atoms with van der Waals surface area (Å²) in [6, 6.07) is 0. The van der Waals surface area contributed by atoms with Crippen molar-refractivity contribution in [2.24, 2.45) is 11.7 Å². The summed E-state index contributed by atoms with van der Waals surface area (Å²) in [4.78, 5) is 0.331. The Morgan fingerprint density at radius 3 is 2.45 bits per heavy atom. The van der Waals surface area contributed by atoms with Gasteiger partial charge in [-0.1, -0.05) is 13.8 Å². The van der Waals surface area contributed by atoms with Gasteiger partial charge >= 0.3 is 0 Å². The molecule has 0 aromatic carbocycles. The molecular formula is C13H26N4O2S. The van der Waals surface area contributed by atoms with E-state index in [9.17, 15) is 8.42 Å². The summed E-state index contributed by atoms with van der Waals surface area (Å²) < 4.78 is 28.4. The maximum Gasteiger partial charge on any atom is 0.246 e. The van der Waals surface area contributed by atoms with Crippen molar-refractivity contribution in [3.05, 3.63) is 11.4 Å². The maximum absolute atomic E-state index is 12.6. The first-order valence-corrected chi connectivity index (χ1v) is 8.36. The van der Waals surface area contributed by atoms with Gasteiger partial charge in [-0.3, -0.25) is 4.68 Å². The minimum absolute atomic E-state index is 0.280. The number of hydrogen-bond donors (Lipinski definition) is 1. The molecule has 1 aromatic rings. The standard InChI is InChI=1S/C13H26N4O2S/c1-10(2)9-16(5)20(18,19)13-11(3)15-17(12(13)4)8-6-7-14/h10H,6-9,14H2,1-5H3. The van der Waals surface area contributed by atoms with Crippen molar-refractivity contribution in [2.75, 3.05) is 20.1 Å². The normalized spacial score (nSPS) is 12.6. The van der Waals surface area contributed by atoms with Gasteiger partial charge in [0.05, 0.1) is 11.4 Å². The van der Waals surface area contributed by atoms with Gasteiger partial charge in [0, 0.05) is 20.1 Å². The number of aryl methyl sites for hydroxylation is 2. The molecule has 0 spiro atoms. The molecule has 0 aliphatic carbocycles. The summed E-state index contributed by atoms with van der Waals surface area (Å²) in [6.45, 7) is 9.23. The van der Waals surface area contributed by atoms with Gasteiger partial charge in [-0.2, -0.15) is 5.10 Å². The first-order chi connectivity index (χ1) is 9.21. The Labute approximate surface area is 122 Å². The topological polar surface area (TPSA) is 81.2 Å². The summed E-state index contributed by atoms with van der Waals surface area (Å²) >= 11 is 0. The Morgan fingerprint density at radius 2 is 1.95 bits per heavy atom. The number of sulfonamides is 1. The van der Waals surface area contributed by atoms with Crippen LogP contribution in [0.4, 0.5) is 0 Å². The van der Waals surface area contributed by atoms with Crippen LogP contribution in [-0.2, 0) is 16.6 Å². The number of nitrogens with zero attached hydrogens (tertiary/aromatic N) is 3. The van der Waals surface area contributed by atoms with Crippen LogP contribution in [0.25, 0.3) is 0 Å². The minimum Gasteiger partial charge on any atom is -0.330 e. The Balaban J connectivity index is 3.15. The quantitative estimate of drug-likeness (QED) is 0.818. The summed E-state index contributed by atoms with van der Waals surface area (Å²) in [5.41, 5.74) is 6.73. The lowest BCUT2D eigenvalue weighted by atomic mass is 10.2. The highest BCUT2D eigenvalue weighted by molar-refractivity contribution is 7.89. The van der Waals surface area contributed by atoms with Gasteiger partial charge in [-0.15, -0.1) is 0 Å². The van der Waals surface area contributed by atoms with E-state index in [0.29, 0.717) is 35.9 Å². The van der Waals surface area contributed by atoms with E-state index in [2.05, 4.69) is 5.10 Å². The van der Waals surface area contributed by atoms with Crippen LogP contribution in [-0.4, -0.2) is 42.6 Å². The van der Waals surface area contributed by atoms with Crippen molar-refractivity contribution in [1.82, 2.24) is 14.1 Å². The van der Waals surface area contributed by atoms with E-state index in [1.54, 1.807) is 25.6 Å². The maximum atomic E-state index is 12.6. The Kier molecular flexibility index (Phi) is 5.73. The van der Waals surface area contributed by atoms with Gasteiger partial charge in [-0.25, -0.2) is 12.7 Å². The molecule has 0 saturated heterocycles. The number of nitrogens with two attached hydrogens (primary N) is 1. The summed E-state index contributed by atoms with van der Waals surface area (Å²) in [5, 5.41) is 4.33. The van der Waals surface area contributed by atoms with E-state index in [4.69, 9.17) is 5.73 Å². The molecule has 0 aliphatic heterocycles. The van der Waals surface area contributed by atoms with Crippen LogP contribution >= 0.6 is 0 Å². The second kappa shape index (κ2) is 6.69. The average Bonchev–Trinajstić information content (AvgIpc) is 2.61. The third-order valence-corrected chi connectivity index (χ3v) is 5.26. The smallest absolute Gasteiger partial charge is 0.246 e. The van der Waals surface area contributed by atoms with E-state index >= 15 is 0 Å². The molecule has 20 heavy (non-hydrogen) atoms. The van der Waals surface area contributed by atoms with Crippen molar-refractivity contribution >= 4 is 10.0 Å². The molecule has 7 heteroatoms. The first-order valence-electron chi connectivity index (χ1n) is 6.92. The lowest BCUT2D eigenvalue weighted by molar-refractivity contribution is 0.416. The fraction of sp³-hybridized carbons (Fsp3) is 0.769. The van der Waals surface area contributed by atoms with Crippen molar-refractivity contribution in [1.29, 1.82) is 0 Å². The predicted molar refractivity (Wildman–Crippen MR) is 80.0 cm³/mol. The van der Waals surface area contributed by atoms with Crippen molar-refractivity contribution < 1.29 is 8.42 Å². The first kappa shape index (κ1) is 17.1. The summed E-state index contributed by atoms with van der Waals surface area (Å²) in [7, 11) is -1.86. The zero-order valence-electron chi connectivity index (χ0n) is 13.0. The fourth-order valence-electron chi connectivity index (χ4n) is 2.28. The monoisotopic (exact) mass is 302 g/mol. The zero-order valence-corrected chi connectivity index (χ0v) is 13.9. The SMILES string of the molecule is Cc1nn(CCCN)c(C)c1S(=O)(=O)N(C)CC(C)C. The van der Waals surface area contributed by atoms with Gasteiger partial charge < -0.3 is 5.73 Å². The van der Waals surface area contributed by atoms with Crippen LogP contribution in [0.2, 0.25) is 0 Å². The van der Waals surface area contributed by atoms with E-state index in [0.717, 1.165) is 6.42 Å². The fourth-order valence-corrected chi connectivity index (χ4v) is 3.98. The van der Waals surface area contributed by atoms with Gasteiger partial charge in [-0.05, 0) is 32.7 Å². The molecule has 0 aliphatic rings. The lowest BCUT2D eigenvalue weighted by Crippen LogP contribution is -2.31. The van der Waals surface area contributed by atoms with E-state index in [1.807, 2.05) is 13.8 Å². The molecule has 0 amide bonds. The molecule has 0 bridgehead atoms. The molecule has 0 unspecified atom stereocenters. The van der Waals surface area contributed by atoms with Crippen LogP contribution in [0.15, 0.2) is 4.90 Å². The van der Waals surface area contributed by atoms with Gasteiger partial charge in [0.1, 0.15) is 4.90 Å². The minimum atomic E-state index is -3.48. The van der Waals surface area contributed by atoms with E-state index in [1.165, 1.54) is 4.31 Å². The highest BCUT2D eigenvalue weighted by Crippen LogP contribution is 2.23. The molecule has 0 fully saturated rings. The molecule has 0 saturated carbocycles. The highest BCUT2D eigenvalue weighted by atomic mass is 32.2. The third kappa shape index (κ3) is 3.59. The third-order valence-electron chi connectivity index (χ3n) is 3.18. The van der Waals surface area contributed by atoms with Crippen LogP contribution in [0.1, 0.15) is 31.7 Å². The molecule has 1 rings (SSSR count). The Morgan fingerprint density at radius 1 is 1.35 bits per heavy atom. The number of rotatable bonds is 7. The molecule has 0 radical (unpaired) electrons. The molecular weight excluding hydrogens is 276 g/mol. The zero-order chi connectivity index (χ0) is 15.5. The largest absolute Gasteiger partial charge is 0.330 e. The average molecular weight is 302 g/mol. The second-order valence-electron chi connectivity index (χ2n) is 5.54. The highest BCUT2D eigenvalue weighted by Gasteiger charge is 2.28. The van der Waals surface area contributed by atoms with Crippen LogP contribution in [0.5, 0.6) is 0 Å². The van der Waals surface area contributed by atoms with Gasteiger partial charge in [0.2, 0.25) is 10.0 Å². The van der Waals surface area contributed by atoms with Crippen molar-refractivity contribution in [3.8, 4) is 0 Å². The van der Waals surface area contributed by atoms with E-state index < -0.39 is 10.0 Å². The Hall–Kier alpha value is -0.920. The van der Waals surface area contributed by atoms with Crippen LogP contribution < -0.4 is 5.73 Å². The van der Waals surface area contributed by atoms with Crippen molar-refractivity contribution in [3.63, 3.8) is 0 Å².